The van der Waals surface area contributed by atoms with Crippen molar-refractivity contribution in [2.75, 3.05) is 6.61 Å². The van der Waals surface area contributed by atoms with Crippen LogP contribution in [0.4, 0.5) is 0 Å². The molecule has 112 valence electrons. The number of rotatable bonds is 7. The Morgan fingerprint density at radius 3 is 2.55 bits per heavy atom. The van der Waals surface area contributed by atoms with Gasteiger partial charge in [-0.25, -0.2) is 9.36 Å². The average Bonchev–Trinajstić information content (AvgIpc) is 2.37. The van der Waals surface area contributed by atoms with Gasteiger partial charge in [0.15, 0.2) is 0 Å². The molecule has 0 amide bonds. The predicted molar refractivity (Wildman–Crippen MR) is 75.9 cm³/mol. The monoisotopic (exact) mass is 341 g/mol. The molecule has 1 rings (SSSR count). The number of hydrogen-bond acceptors (Lipinski definition) is 6. The van der Waals surface area contributed by atoms with E-state index in [0.717, 1.165) is 0 Å². The third-order valence-electron chi connectivity index (χ3n) is 1.99. The van der Waals surface area contributed by atoms with Crippen LogP contribution >= 0.6 is 29.8 Å². The van der Waals surface area contributed by atoms with Gasteiger partial charge in [-0.2, -0.15) is 5.48 Å². The van der Waals surface area contributed by atoms with E-state index in [9.17, 15) is 9.36 Å². The molecule has 0 fully saturated rings. The van der Waals surface area contributed by atoms with Crippen molar-refractivity contribution in [2.45, 2.75) is 19.9 Å². The molecule has 1 aromatic carbocycles. The van der Waals surface area contributed by atoms with E-state index in [1.54, 1.807) is 6.92 Å². The zero-order valence-corrected chi connectivity index (χ0v) is 13.2. The van der Waals surface area contributed by atoms with E-state index in [0.29, 0.717) is 11.6 Å². The molecular formula is C11H14Cl2NO5P. The molecule has 0 radical (unpaired) electrons. The number of benzene rings is 1. The SMILES string of the molecule is CCON[C@@H](C)C(=O)OP(=O)(Cl)Oc1ccc(Cl)cc1. The Morgan fingerprint density at radius 2 is 2.00 bits per heavy atom. The van der Waals surface area contributed by atoms with Crippen molar-refractivity contribution in [3.63, 3.8) is 0 Å². The number of carbonyl (C=O) groups excluding carboxylic acids is 1. The van der Waals surface area contributed by atoms with Crippen molar-refractivity contribution < 1.29 is 23.2 Å². The smallest absolute Gasteiger partial charge is 0.405 e. The first kappa shape index (κ1) is 17.3. The van der Waals surface area contributed by atoms with Crippen LogP contribution < -0.4 is 10.0 Å². The van der Waals surface area contributed by atoms with Gasteiger partial charge in [0.25, 0.3) is 0 Å². The second kappa shape index (κ2) is 7.86. The molecule has 1 aromatic rings. The Bertz CT molecular complexity index is 496. The van der Waals surface area contributed by atoms with Crippen LogP contribution in [0.25, 0.3) is 0 Å². The van der Waals surface area contributed by atoms with Crippen LogP contribution in [0.5, 0.6) is 5.75 Å². The lowest BCUT2D eigenvalue weighted by molar-refractivity contribution is -0.140. The number of halogens is 2. The molecule has 0 aliphatic rings. The lowest BCUT2D eigenvalue weighted by Crippen LogP contribution is -2.34. The molecule has 0 heterocycles. The maximum atomic E-state index is 11.9. The van der Waals surface area contributed by atoms with Gasteiger partial charge in [0, 0.05) is 16.3 Å². The van der Waals surface area contributed by atoms with Crippen LogP contribution in [0.1, 0.15) is 13.8 Å². The summed E-state index contributed by atoms with van der Waals surface area (Å²) in [6.45, 7) is -0.522. The van der Waals surface area contributed by atoms with Gasteiger partial charge in [-0.3, -0.25) is 0 Å². The highest BCUT2D eigenvalue weighted by atomic mass is 35.7. The first-order valence-electron chi connectivity index (χ1n) is 5.69. The summed E-state index contributed by atoms with van der Waals surface area (Å²) < 4.78 is 21.4. The molecule has 9 heteroatoms. The highest BCUT2D eigenvalue weighted by Gasteiger charge is 2.30. The van der Waals surface area contributed by atoms with Crippen LogP contribution in [-0.2, 0) is 18.7 Å². The molecule has 0 saturated heterocycles. The third-order valence-corrected chi connectivity index (χ3v) is 3.48. The minimum absolute atomic E-state index is 0.172. The standard InChI is InChI=1S/C11H14Cl2NO5P/c1-3-17-14-8(2)11(15)19-20(13,16)18-10-6-4-9(12)5-7-10/h4-8,14H,3H2,1-2H3/t8-,20?/m0/s1. The fourth-order valence-corrected chi connectivity index (χ4v) is 2.44. The Labute approximate surface area is 126 Å². The van der Waals surface area contributed by atoms with Gasteiger partial charge in [0.1, 0.15) is 11.8 Å². The molecule has 0 aliphatic carbocycles. The number of hydroxylamine groups is 1. The summed E-state index contributed by atoms with van der Waals surface area (Å²) in [5.74, 6) is -0.684. The van der Waals surface area contributed by atoms with Crippen molar-refractivity contribution in [1.29, 1.82) is 0 Å². The Balaban J connectivity index is 2.58. The van der Waals surface area contributed by atoms with Crippen molar-refractivity contribution in [3.05, 3.63) is 29.3 Å². The highest BCUT2D eigenvalue weighted by molar-refractivity contribution is 7.82. The molecule has 0 aromatic heterocycles. The first-order chi connectivity index (χ1) is 9.34. The molecule has 0 spiro atoms. The van der Waals surface area contributed by atoms with Crippen LogP contribution in [0.15, 0.2) is 24.3 Å². The largest absolute Gasteiger partial charge is 0.532 e. The second-order valence-corrected chi connectivity index (χ2v) is 6.56. The van der Waals surface area contributed by atoms with Crippen LogP contribution in [0.2, 0.25) is 5.02 Å². The van der Waals surface area contributed by atoms with E-state index < -0.39 is 19.0 Å². The Hall–Kier alpha value is -0.780. The summed E-state index contributed by atoms with van der Waals surface area (Å²) in [7, 11) is 0. The molecule has 0 saturated carbocycles. The Kier molecular flexibility index (Phi) is 6.79. The predicted octanol–water partition coefficient (Wildman–Crippen LogP) is 3.54. The topological polar surface area (TPSA) is 73.9 Å². The van der Waals surface area contributed by atoms with Crippen LogP contribution in [-0.4, -0.2) is 18.6 Å². The quantitative estimate of drug-likeness (QED) is 0.604. The maximum absolute atomic E-state index is 11.9. The average molecular weight is 342 g/mol. The van der Waals surface area contributed by atoms with Crippen LogP contribution in [0, 0.1) is 0 Å². The molecule has 0 aliphatic heterocycles. The van der Waals surface area contributed by atoms with Gasteiger partial charge >= 0.3 is 12.9 Å². The molecular weight excluding hydrogens is 328 g/mol. The molecule has 0 bridgehead atoms. The lowest BCUT2D eigenvalue weighted by Gasteiger charge is -2.16. The van der Waals surface area contributed by atoms with Crippen molar-refractivity contribution >= 4 is 35.8 Å². The maximum Gasteiger partial charge on any atom is 0.532 e. The number of hydrogen-bond donors (Lipinski definition) is 1. The zero-order valence-electron chi connectivity index (χ0n) is 10.8. The molecule has 2 atom stereocenters. The third kappa shape index (κ3) is 6.11. The normalized spacial score (nSPS) is 15.2. The second-order valence-electron chi connectivity index (χ2n) is 3.66. The summed E-state index contributed by atoms with van der Waals surface area (Å²) in [6.07, 6.45) is 0. The van der Waals surface area contributed by atoms with E-state index in [-0.39, 0.29) is 5.75 Å². The van der Waals surface area contributed by atoms with Crippen molar-refractivity contribution in [2.24, 2.45) is 0 Å². The minimum Gasteiger partial charge on any atom is -0.405 e. The van der Waals surface area contributed by atoms with Gasteiger partial charge < -0.3 is 13.9 Å². The number of carbonyl (C=O) groups is 1. The van der Waals surface area contributed by atoms with Gasteiger partial charge in [-0.15, -0.1) is 0 Å². The van der Waals surface area contributed by atoms with E-state index in [1.807, 2.05) is 0 Å². The van der Waals surface area contributed by atoms with E-state index in [2.05, 4.69) is 10.0 Å². The van der Waals surface area contributed by atoms with Crippen LogP contribution in [0.3, 0.4) is 0 Å². The van der Waals surface area contributed by atoms with Crippen molar-refractivity contribution in [1.82, 2.24) is 5.48 Å². The van der Waals surface area contributed by atoms with Gasteiger partial charge in [-0.05, 0) is 38.1 Å². The van der Waals surface area contributed by atoms with Gasteiger partial charge in [-0.1, -0.05) is 11.6 Å². The summed E-state index contributed by atoms with van der Waals surface area (Å²) in [5, 5.41) is 0.480. The molecule has 6 nitrogen and oxygen atoms in total. The first-order valence-corrected chi connectivity index (χ1v) is 8.52. The molecule has 1 unspecified atom stereocenters. The minimum atomic E-state index is -4.09. The van der Waals surface area contributed by atoms with E-state index in [1.165, 1.54) is 31.2 Å². The summed E-state index contributed by atoms with van der Waals surface area (Å²) in [4.78, 5) is 16.4. The summed E-state index contributed by atoms with van der Waals surface area (Å²) >= 11 is 11.3. The fourth-order valence-electron chi connectivity index (χ4n) is 1.08. The van der Waals surface area contributed by atoms with Gasteiger partial charge in [0.2, 0.25) is 0 Å². The highest BCUT2D eigenvalue weighted by Crippen LogP contribution is 2.53. The van der Waals surface area contributed by atoms with Gasteiger partial charge in [0.05, 0.1) is 6.61 Å². The van der Waals surface area contributed by atoms with Crippen molar-refractivity contribution in [3.8, 4) is 5.75 Å². The lowest BCUT2D eigenvalue weighted by atomic mass is 10.3. The summed E-state index contributed by atoms with van der Waals surface area (Å²) in [6, 6.07) is 5.11. The Morgan fingerprint density at radius 1 is 1.40 bits per heavy atom. The fraction of sp³-hybridized carbons (Fsp3) is 0.364. The van der Waals surface area contributed by atoms with E-state index in [4.69, 9.17) is 32.2 Å². The number of nitrogens with one attached hydrogen (secondary N) is 1. The van der Waals surface area contributed by atoms with E-state index >= 15 is 0 Å². The molecule has 1 N–H and O–H groups in total. The molecule has 20 heavy (non-hydrogen) atoms. The zero-order chi connectivity index (χ0) is 15.2. The summed E-state index contributed by atoms with van der Waals surface area (Å²) in [5.41, 5.74) is 2.40.